The van der Waals surface area contributed by atoms with E-state index in [1.54, 1.807) is 0 Å². The smallest absolute Gasteiger partial charge is 0.0273 e. The lowest BCUT2D eigenvalue weighted by Crippen LogP contribution is -2.10. The summed E-state index contributed by atoms with van der Waals surface area (Å²) in [4.78, 5) is 0. The molecule has 1 heteroatoms. The first-order valence-corrected chi connectivity index (χ1v) is 4.02. The predicted molar refractivity (Wildman–Crippen MR) is 42.2 cm³/mol. The first-order valence-electron chi connectivity index (χ1n) is 4.02. The van der Waals surface area contributed by atoms with Crippen LogP contribution in [0.25, 0.3) is 0 Å². The summed E-state index contributed by atoms with van der Waals surface area (Å²) in [6.45, 7) is 0. The van der Waals surface area contributed by atoms with E-state index in [9.17, 15) is 0 Å². The number of nitrogens with two attached hydrogens (primary N) is 1. The van der Waals surface area contributed by atoms with Crippen LogP contribution in [-0.4, -0.2) is 0 Å². The van der Waals surface area contributed by atoms with Gasteiger partial charge in [-0.25, -0.2) is 0 Å². The van der Waals surface area contributed by atoms with Crippen LogP contribution in [0.5, 0.6) is 0 Å². The molecule has 2 unspecified atom stereocenters. The van der Waals surface area contributed by atoms with Crippen molar-refractivity contribution in [1.82, 2.24) is 0 Å². The van der Waals surface area contributed by atoms with Crippen LogP contribution in [0.15, 0.2) is 23.9 Å². The summed E-state index contributed by atoms with van der Waals surface area (Å²) in [5, 5.41) is 0. The van der Waals surface area contributed by atoms with Crippen molar-refractivity contribution in [3.8, 4) is 0 Å². The first kappa shape index (κ1) is 6.02. The van der Waals surface area contributed by atoms with Gasteiger partial charge in [0.1, 0.15) is 0 Å². The Labute approximate surface area is 61.6 Å². The summed E-state index contributed by atoms with van der Waals surface area (Å²) in [5.41, 5.74) is 6.63. The largest absolute Gasteiger partial charge is 0.399 e. The summed E-state index contributed by atoms with van der Waals surface area (Å²) in [7, 11) is 0. The van der Waals surface area contributed by atoms with Crippen LogP contribution in [0.4, 0.5) is 0 Å². The molecular formula is C9H13N. The Balaban J connectivity index is 2.20. The van der Waals surface area contributed by atoms with Crippen LogP contribution in [0.1, 0.15) is 19.3 Å². The zero-order valence-electron chi connectivity index (χ0n) is 6.09. The summed E-state index contributed by atoms with van der Waals surface area (Å²) < 4.78 is 0. The van der Waals surface area contributed by atoms with Crippen molar-refractivity contribution in [2.24, 2.45) is 17.6 Å². The molecule has 10 heavy (non-hydrogen) atoms. The average Bonchev–Trinajstić information content (AvgIpc) is 2.33. The molecule has 0 saturated heterocycles. The fraction of sp³-hybridized carbons (Fsp3) is 0.556. The van der Waals surface area contributed by atoms with Crippen molar-refractivity contribution in [3.05, 3.63) is 23.9 Å². The lowest BCUT2D eigenvalue weighted by molar-refractivity contribution is 0.548. The zero-order valence-corrected chi connectivity index (χ0v) is 6.09. The number of hydrogen-bond acceptors (Lipinski definition) is 1. The van der Waals surface area contributed by atoms with Crippen LogP contribution >= 0.6 is 0 Å². The number of fused-ring (bicyclic) bond motifs is 1. The van der Waals surface area contributed by atoms with Gasteiger partial charge in [0.05, 0.1) is 0 Å². The van der Waals surface area contributed by atoms with Gasteiger partial charge in [-0.05, 0) is 30.8 Å². The molecule has 0 aromatic heterocycles. The lowest BCUT2D eigenvalue weighted by atomic mass is 9.91. The lowest BCUT2D eigenvalue weighted by Gasteiger charge is -2.16. The molecule has 0 heterocycles. The molecule has 54 valence electrons. The van der Waals surface area contributed by atoms with Gasteiger partial charge in [0.15, 0.2) is 0 Å². The van der Waals surface area contributed by atoms with E-state index in [0.717, 1.165) is 17.5 Å². The van der Waals surface area contributed by atoms with Crippen LogP contribution in [0, 0.1) is 11.8 Å². The molecule has 0 amide bonds. The molecule has 0 spiro atoms. The Bertz CT molecular complexity index is 191. The third-order valence-corrected chi connectivity index (χ3v) is 2.57. The summed E-state index contributed by atoms with van der Waals surface area (Å²) in [6.07, 6.45) is 10.6. The fourth-order valence-electron chi connectivity index (χ4n) is 2.00. The topological polar surface area (TPSA) is 26.0 Å². The molecule has 1 saturated carbocycles. The van der Waals surface area contributed by atoms with Crippen molar-refractivity contribution in [2.75, 3.05) is 0 Å². The highest BCUT2D eigenvalue weighted by atomic mass is 14.6. The van der Waals surface area contributed by atoms with Crippen LogP contribution in [0.2, 0.25) is 0 Å². The molecule has 0 radical (unpaired) electrons. The summed E-state index contributed by atoms with van der Waals surface area (Å²) in [6, 6.07) is 0. The summed E-state index contributed by atoms with van der Waals surface area (Å²) in [5.74, 6) is 1.58. The minimum Gasteiger partial charge on any atom is -0.399 e. The van der Waals surface area contributed by atoms with Crippen LogP contribution in [-0.2, 0) is 0 Å². The standard InChI is InChI=1S/C9H13N/c10-9-5-4-7-2-1-3-8(7)6-9/h4-8H,1-3,10H2. The number of rotatable bonds is 0. The van der Waals surface area contributed by atoms with E-state index in [1.807, 2.05) is 6.08 Å². The van der Waals surface area contributed by atoms with Gasteiger partial charge in [0.2, 0.25) is 0 Å². The molecule has 0 bridgehead atoms. The Morgan fingerprint density at radius 1 is 1.30 bits per heavy atom. The van der Waals surface area contributed by atoms with E-state index in [4.69, 9.17) is 5.73 Å². The minimum atomic E-state index is 0.769. The summed E-state index contributed by atoms with van der Waals surface area (Å²) >= 11 is 0. The molecule has 2 N–H and O–H groups in total. The van der Waals surface area contributed by atoms with Gasteiger partial charge in [-0.2, -0.15) is 0 Å². The molecule has 1 fully saturated rings. The van der Waals surface area contributed by atoms with E-state index in [2.05, 4.69) is 12.2 Å². The highest BCUT2D eigenvalue weighted by Gasteiger charge is 2.24. The van der Waals surface area contributed by atoms with E-state index in [0.29, 0.717) is 0 Å². The maximum atomic E-state index is 5.66. The Morgan fingerprint density at radius 2 is 2.10 bits per heavy atom. The van der Waals surface area contributed by atoms with E-state index >= 15 is 0 Å². The third-order valence-electron chi connectivity index (χ3n) is 2.57. The maximum absolute atomic E-state index is 5.66. The molecule has 2 aliphatic carbocycles. The minimum absolute atomic E-state index is 0.769. The van der Waals surface area contributed by atoms with E-state index < -0.39 is 0 Å². The van der Waals surface area contributed by atoms with Gasteiger partial charge in [0, 0.05) is 5.70 Å². The van der Waals surface area contributed by atoms with Gasteiger partial charge >= 0.3 is 0 Å². The molecule has 2 aliphatic rings. The molecule has 2 atom stereocenters. The fourth-order valence-corrected chi connectivity index (χ4v) is 2.00. The van der Waals surface area contributed by atoms with Crippen molar-refractivity contribution >= 4 is 0 Å². The van der Waals surface area contributed by atoms with Crippen LogP contribution < -0.4 is 5.73 Å². The quantitative estimate of drug-likeness (QED) is 0.538. The maximum Gasteiger partial charge on any atom is 0.0273 e. The van der Waals surface area contributed by atoms with Crippen LogP contribution in [0.3, 0.4) is 0 Å². The second kappa shape index (κ2) is 2.15. The van der Waals surface area contributed by atoms with Gasteiger partial charge in [-0.1, -0.05) is 18.6 Å². The van der Waals surface area contributed by atoms with Gasteiger partial charge in [-0.3, -0.25) is 0 Å². The second-order valence-corrected chi connectivity index (χ2v) is 3.28. The Kier molecular flexibility index (Phi) is 1.30. The highest BCUT2D eigenvalue weighted by Crippen LogP contribution is 2.36. The predicted octanol–water partition coefficient (Wildman–Crippen LogP) is 1.82. The van der Waals surface area contributed by atoms with Gasteiger partial charge < -0.3 is 5.73 Å². The van der Waals surface area contributed by atoms with Crippen molar-refractivity contribution in [2.45, 2.75) is 19.3 Å². The average molecular weight is 135 g/mol. The number of hydrogen-bond donors (Lipinski definition) is 1. The molecule has 2 rings (SSSR count). The van der Waals surface area contributed by atoms with Crippen molar-refractivity contribution in [1.29, 1.82) is 0 Å². The second-order valence-electron chi connectivity index (χ2n) is 3.28. The van der Waals surface area contributed by atoms with Crippen molar-refractivity contribution < 1.29 is 0 Å². The SMILES string of the molecule is NC1=CC2CCCC2C=C1. The third kappa shape index (κ3) is 0.859. The van der Waals surface area contributed by atoms with E-state index in [-0.39, 0.29) is 0 Å². The first-order chi connectivity index (χ1) is 4.86. The molecule has 1 nitrogen and oxygen atoms in total. The normalized spacial score (nSPS) is 37.4. The monoisotopic (exact) mass is 135 g/mol. The molecule has 0 aromatic carbocycles. The Hall–Kier alpha value is -0.720. The number of allylic oxidation sites excluding steroid dienone is 3. The van der Waals surface area contributed by atoms with E-state index in [1.165, 1.54) is 19.3 Å². The molecular weight excluding hydrogens is 122 g/mol. The van der Waals surface area contributed by atoms with Gasteiger partial charge in [-0.15, -0.1) is 0 Å². The molecule has 0 aromatic rings. The van der Waals surface area contributed by atoms with Crippen molar-refractivity contribution in [3.63, 3.8) is 0 Å². The van der Waals surface area contributed by atoms with Gasteiger partial charge in [0.25, 0.3) is 0 Å². The molecule has 0 aliphatic heterocycles. The Morgan fingerprint density at radius 3 is 3.00 bits per heavy atom. The zero-order chi connectivity index (χ0) is 6.97. The highest BCUT2D eigenvalue weighted by molar-refractivity contribution is 5.23.